The van der Waals surface area contributed by atoms with Gasteiger partial charge in [-0.25, -0.2) is 0 Å². The van der Waals surface area contributed by atoms with Crippen LogP contribution in [0.25, 0.3) is 0 Å². The smallest absolute Gasteiger partial charge is 0.311 e. The molecule has 3 aliphatic carbocycles. The van der Waals surface area contributed by atoms with Crippen LogP contribution in [0.1, 0.15) is 58.3 Å². The van der Waals surface area contributed by atoms with E-state index in [1.807, 2.05) is 6.92 Å². The highest BCUT2D eigenvalue weighted by Gasteiger charge is 2.68. The second-order valence-electron chi connectivity index (χ2n) is 7.07. The van der Waals surface area contributed by atoms with Gasteiger partial charge >= 0.3 is 5.97 Å². The lowest BCUT2D eigenvalue weighted by Crippen LogP contribution is -2.35. The van der Waals surface area contributed by atoms with Gasteiger partial charge in [-0.2, -0.15) is 0 Å². The lowest BCUT2D eigenvalue weighted by atomic mass is 9.60. The molecule has 3 fully saturated rings. The van der Waals surface area contributed by atoms with Gasteiger partial charge in [-0.1, -0.05) is 12.8 Å². The number of esters is 1. The number of ketones is 1. The molecule has 0 radical (unpaired) electrons. The van der Waals surface area contributed by atoms with Gasteiger partial charge in [0.25, 0.3) is 0 Å². The number of methoxy groups -OCH3 is 1. The molecule has 0 aromatic rings. The molecule has 0 aromatic heterocycles. The second-order valence-corrected chi connectivity index (χ2v) is 7.07. The first-order valence-corrected chi connectivity index (χ1v) is 7.06. The molecular formula is C15H22O3. The molecule has 0 aromatic carbocycles. The molecule has 3 aliphatic rings. The minimum absolute atomic E-state index is 0.0787. The van der Waals surface area contributed by atoms with E-state index >= 15 is 0 Å². The van der Waals surface area contributed by atoms with Crippen LogP contribution in [-0.2, 0) is 14.3 Å². The van der Waals surface area contributed by atoms with Crippen LogP contribution in [0.15, 0.2) is 0 Å². The van der Waals surface area contributed by atoms with E-state index < -0.39 is 0 Å². The molecule has 3 rings (SSSR count). The Kier molecular flexibility index (Phi) is 2.43. The van der Waals surface area contributed by atoms with E-state index in [4.69, 9.17) is 4.74 Å². The Hall–Kier alpha value is -0.860. The minimum atomic E-state index is -0.361. The molecule has 3 saturated carbocycles. The molecule has 0 saturated heterocycles. The Labute approximate surface area is 108 Å². The van der Waals surface area contributed by atoms with E-state index in [2.05, 4.69) is 0 Å². The van der Waals surface area contributed by atoms with Crippen LogP contribution in [0.4, 0.5) is 0 Å². The van der Waals surface area contributed by atoms with Gasteiger partial charge in [-0.05, 0) is 43.4 Å². The summed E-state index contributed by atoms with van der Waals surface area (Å²) >= 11 is 0. The molecular weight excluding hydrogens is 228 g/mol. The third-order valence-corrected chi connectivity index (χ3v) is 5.89. The summed E-state index contributed by atoms with van der Waals surface area (Å²) in [7, 11) is 1.48. The van der Waals surface area contributed by atoms with Crippen molar-refractivity contribution in [1.29, 1.82) is 0 Å². The average molecular weight is 250 g/mol. The first kappa shape index (κ1) is 12.2. The number of ether oxygens (including phenoxy) is 1. The zero-order valence-corrected chi connectivity index (χ0v) is 11.4. The van der Waals surface area contributed by atoms with Gasteiger partial charge in [0.15, 0.2) is 0 Å². The van der Waals surface area contributed by atoms with E-state index in [-0.39, 0.29) is 22.2 Å². The molecule has 0 heterocycles. The van der Waals surface area contributed by atoms with Crippen molar-refractivity contribution >= 4 is 11.8 Å². The number of hydrogen-bond donors (Lipinski definition) is 0. The van der Waals surface area contributed by atoms with Crippen LogP contribution >= 0.6 is 0 Å². The first-order valence-electron chi connectivity index (χ1n) is 7.06. The van der Waals surface area contributed by atoms with Crippen LogP contribution in [0, 0.1) is 16.2 Å². The van der Waals surface area contributed by atoms with E-state index in [1.165, 1.54) is 20.0 Å². The number of Topliss-reactive ketones (excluding diaryl/α,β-unsaturated/α-hetero) is 1. The minimum Gasteiger partial charge on any atom is -0.469 e. The Morgan fingerprint density at radius 3 is 2.06 bits per heavy atom. The van der Waals surface area contributed by atoms with Crippen LogP contribution < -0.4 is 0 Å². The summed E-state index contributed by atoms with van der Waals surface area (Å²) in [6.07, 6.45) is 7.82. The summed E-state index contributed by atoms with van der Waals surface area (Å²) in [6, 6.07) is 0. The molecule has 3 nitrogen and oxygen atoms in total. The Morgan fingerprint density at radius 1 is 1.11 bits per heavy atom. The van der Waals surface area contributed by atoms with E-state index in [1.54, 1.807) is 0 Å². The third-order valence-electron chi connectivity index (χ3n) is 5.89. The highest BCUT2D eigenvalue weighted by Crippen LogP contribution is 2.72. The largest absolute Gasteiger partial charge is 0.469 e. The molecule has 0 spiro atoms. The monoisotopic (exact) mass is 250 g/mol. The fourth-order valence-electron chi connectivity index (χ4n) is 5.45. The van der Waals surface area contributed by atoms with Gasteiger partial charge in [-0.15, -0.1) is 0 Å². The molecule has 2 unspecified atom stereocenters. The van der Waals surface area contributed by atoms with Crippen molar-refractivity contribution in [1.82, 2.24) is 0 Å². The number of carbonyl (C=O) groups excluding carboxylic acids is 2. The van der Waals surface area contributed by atoms with Gasteiger partial charge in [0.05, 0.1) is 12.5 Å². The van der Waals surface area contributed by atoms with Crippen molar-refractivity contribution in [3.63, 3.8) is 0 Å². The first-order chi connectivity index (χ1) is 8.45. The summed E-state index contributed by atoms with van der Waals surface area (Å²) < 4.78 is 5.00. The summed E-state index contributed by atoms with van der Waals surface area (Å²) in [5, 5.41) is 0. The normalized spacial score (nSPS) is 46.7. The Balaban J connectivity index is 2.00. The molecule has 0 amide bonds. The van der Waals surface area contributed by atoms with Crippen molar-refractivity contribution in [2.75, 3.05) is 7.11 Å². The maximum absolute atomic E-state index is 12.1. The van der Waals surface area contributed by atoms with E-state index in [9.17, 15) is 9.59 Å². The average Bonchev–Trinajstić information content (AvgIpc) is 2.72. The maximum Gasteiger partial charge on any atom is 0.311 e. The van der Waals surface area contributed by atoms with E-state index in [0.29, 0.717) is 18.6 Å². The van der Waals surface area contributed by atoms with Crippen LogP contribution in [-0.4, -0.2) is 18.9 Å². The van der Waals surface area contributed by atoms with Gasteiger partial charge < -0.3 is 4.74 Å². The van der Waals surface area contributed by atoms with Crippen molar-refractivity contribution in [2.45, 2.75) is 58.3 Å². The molecule has 2 atom stereocenters. The summed E-state index contributed by atoms with van der Waals surface area (Å²) in [5.41, 5.74) is -0.129. The topological polar surface area (TPSA) is 43.4 Å². The van der Waals surface area contributed by atoms with Crippen molar-refractivity contribution in [3.8, 4) is 0 Å². The van der Waals surface area contributed by atoms with Gasteiger partial charge in [0.1, 0.15) is 5.78 Å². The molecule has 0 N–H and O–H groups in total. The zero-order chi connectivity index (χ0) is 13.0. The Morgan fingerprint density at radius 2 is 1.61 bits per heavy atom. The van der Waals surface area contributed by atoms with Crippen molar-refractivity contribution in [2.24, 2.45) is 16.2 Å². The van der Waals surface area contributed by atoms with Crippen molar-refractivity contribution in [3.05, 3.63) is 0 Å². The van der Waals surface area contributed by atoms with Crippen LogP contribution in [0.5, 0.6) is 0 Å². The summed E-state index contributed by atoms with van der Waals surface area (Å²) in [4.78, 5) is 24.0. The van der Waals surface area contributed by atoms with Crippen molar-refractivity contribution < 1.29 is 14.3 Å². The summed E-state index contributed by atoms with van der Waals surface area (Å²) in [5.74, 6) is 0.341. The molecule has 18 heavy (non-hydrogen) atoms. The second kappa shape index (κ2) is 3.58. The lowest BCUT2D eigenvalue weighted by Gasteiger charge is -2.44. The predicted octanol–water partition coefficient (Wildman–Crippen LogP) is 2.87. The molecule has 100 valence electrons. The van der Waals surface area contributed by atoms with Crippen LogP contribution in [0.2, 0.25) is 0 Å². The predicted molar refractivity (Wildman–Crippen MR) is 66.9 cm³/mol. The maximum atomic E-state index is 12.1. The highest BCUT2D eigenvalue weighted by atomic mass is 16.5. The van der Waals surface area contributed by atoms with Gasteiger partial charge in [0.2, 0.25) is 0 Å². The zero-order valence-electron chi connectivity index (χ0n) is 11.4. The Bertz CT molecular complexity index is 388. The van der Waals surface area contributed by atoms with E-state index in [0.717, 1.165) is 25.7 Å². The lowest BCUT2D eigenvalue weighted by molar-refractivity contribution is -0.152. The molecule has 3 heteroatoms. The molecule has 0 aliphatic heterocycles. The molecule has 0 bridgehead atoms. The number of rotatable bonds is 1. The number of hydrogen-bond acceptors (Lipinski definition) is 3. The standard InChI is InChI=1S/C15H22O3/c1-13(12(17)18-2)9-14-5-3-4-6-15(14,10-13)8-11(16)7-14/h3-10H2,1-2H3. The van der Waals surface area contributed by atoms with Crippen LogP contribution in [0.3, 0.4) is 0 Å². The van der Waals surface area contributed by atoms with Gasteiger partial charge in [0, 0.05) is 12.8 Å². The third kappa shape index (κ3) is 1.36. The highest BCUT2D eigenvalue weighted by molar-refractivity contribution is 5.85. The fourth-order valence-corrected chi connectivity index (χ4v) is 5.45. The summed E-state index contributed by atoms with van der Waals surface area (Å²) in [6.45, 7) is 2.04. The van der Waals surface area contributed by atoms with Gasteiger partial charge in [-0.3, -0.25) is 9.59 Å². The fraction of sp³-hybridized carbons (Fsp3) is 0.867. The quantitative estimate of drug-likeness (QED) is 0.672. The number of carbonyl (C=O) groups is 2. The SMILES string of the molecule is COC(=O)C1(C)CC23CCCCC2(CC(=O)C3)C1.